The van der Waals surface area contributed by atoms with Crippen LogP contribution in [0.4, 0.5) is 13.2 Å². The Morgan fingerprint density at radius 3 is 2.42 bits per heavy atom. The van der Waals surface area contributed by atoms with E-state index >= 15 is 0 Å². The average Bonchev–Trinajstić information content (AvgIpc) is 2.93. The Labute approximate surface area is 151 Å². The van der Waals surface area contributed by atoms with Crippen LogP contribution in [0, 0.1) is 29.3 Å². The lowest BCUT2D eigenvalue weighted by molar-refractivity contribution is 0.196. The lowest BCUT2D eigenvalue weighted by Gasteiger charge is -2.32. The molecule has 1 nitrogen and oxygen atoms in total. The van der Waals surface area contributed by atoms with Crippen molar-refractivity contribution in [3.63, 3.8) is 0 Å². The summed E-state index contributed by atoms with van der Waals surface area (Å²) in [6.07, 6.45) is 5.43. The van der Waals surface area contributed by atoms with Gasteiger partial charge in [-0.2, -0.15) is 0 Å². The van der Waals surface area contributed by atoms with Crippen LogP contribution in [0.2, 0.25) is 0 Å². The zero-order valence-electron chi connectivity index (χ0n) is 14.8. The molecular weight excluding hydrogens is 335 g/mol. The Kier molecular flexibility index (Phi) is 4.51. The van der Waals surface area contributed by atoms with E-state index in [0.29, 0.717) is 10.9 Å². The first-order valence-corrected chi connectivity index (χ1v) is 9.27. The minimum Gasteiger partial charge on any atom is -0.352 e. The van der Waals surface area contributed by atoms with Gasteiger partial charge in [0.25, 0.3) is 0 Å². The second kappa shape index (κ2) is 6.82. The number of fused-ring (bicyclic) bond motifs is 1. The third-order valence-corrected chi connectivity index (χ3v) is 5.58. The monoisotopic (exact) mass is 357 g/mol. The van der Waals surface area contributed by atoms with Gasteiger partial charge >= 0.3 is 0 Å². The highest BCUT2D eigenvalue weighted by Crippen LogP contribution is 2.38. The minimum atomic E-state index is -0.595. The van der Waals surface area contributed by atoms with Gasteiger partial charge in [0.05, 0.1) is 5.52 Å². The number of aromatic amines is 1. The van der Waals surface area contributed by atoms with E-state index in [1.165, 1.54) is 31.0 Å². The molecule has 0 bridgehead atoms. The molecule has 2 aromatic carbocycles. The molecule has 0 saturated heterocycles. The minimum absolute atomic E-state index is 0.317. The SMILES string of the molecule is CC1CC(CCCc2c(-c3ccc(F)cc3)[nH]c3c(F)cc(F)cc23)C1. The van der Waals surface area contributed by atoms with Gasteiger partial charge in [0.2, 0.25) is 0 Å². The molecule has 1 fully saturated rings. The van der Waals surface area contributed by atoms with Gasteiger partial charge in [-0.05, 0) is 79.0 Å². The molecule has 4 heteroatoms. The fraction of sp³-hybridized carbons (Fsp3) is 0.364. The summed E-state index contributed by atoms with van der Waals surface area (Å²) in [5.41, 5.74) is 2.77. The maximum atomic E-state index is 14.2. The number of nitrogens with one attached hydrogen (secondary N) is 1. The van der Waals surface area contributed by atoms with E-state index in [0.717, 1.165) is 54.0 Å². The van der Waals surface area contributed by atoms with Crippen LogP contribution >= 0.6 is 0 Å². The zero-order valence-corrected chi connectivity index (χ0v) is 14.8. The Morgan fingerprint density at radius 1 is 1.00 bits per heavy atom. The molecule has 1 aromatic heterocycles. The van der Waals surface area contributed by atoms with Gasteiger partial charge in [-0.3, -0.25) is 0 Å². The number of halogens is 3. The van der Waals surface area contributed by atoms with Crippen molar-refractivity contribution in [1.82, 2.24) is 4.98 Å². The van der Waals surface area contributed by atoms with Crippen LogP contribution in [-0.4, -0.2) is 4.98 Å². The van der Waals surface area contributed by atoms with E-state index in [2.05, 4.69) is 11.9 Å². The summed E-state index contributed by atoms with van der Waals surface area (Å²) >= 11 is 0. The van der Waals surface area contributed by atoms with Crippen LogP contribution in [-0.2, 0) is 6.42 Å². The van der Waals surface area contributed by atoms with Crippen molar-refractivity contribution >= 4 is 10.9 Å². The third kappa shape index (κ3) is 3.25. The summed E-state index contributed by atoms with van der Waals surface area (Å²) < 4.78 is 41.3. The molecular formula is C22H22F3N. The van der Waals surface area contributed by atoms with E-state index < -0.39 is 11.6 Å². The van der Waals surface area contributed by atoms with Gasteiger partial charge in [-0.15, -0.1) is 0 Å². The molecule has 1 aliphatic rings. The maximum Gasteiger partial charge on any atom is 0.150 e. The largest absolute Gasteiger partial charge is 0.352 e. The van der Waals surface area contributed by atoms with E-state index in [4.69, 9.17) is 0 Å². The number of hydrogen-bond donors (Lipinski definition) is 1. The number of hydrogen-bond acceptors (Lipinski definition) is 0. The van der Waals surface area contributed by atoms with Crippen molar-refractivity contribution in [3.05, 3.63) is 59.4 Å². The standard InChI is InChI=1S/C22H22F3N/c1-13-9-14(10-13)3-2-4-18-19-11-17(24)12-20(25)22(19)26-21(18)15-5-7-16(23)8-6-15/h5-8,11-14,26H,2-4,9-10H2,1H3. The van der Waals surface area contributed by atoms with Crippen LogP contribution in [0.5, 0.6) is 0 Å². The van der Waals surface area contributed by atoms with Crippen LogP contribution in [0.25, 0.3) is 22.2 Å². The van der Waals surface area contributed by atoms with Gasteiger partial charge < -0.3 is 4.98 Å². The number of aryl methyl sites for hydroxylation is 1. The molecule has 3 aromatic rings. The first kappa shape index (κ1) is 17.2. The van der Waals surface area contributed by atoms with Gasteiger partial charge in [0.1, 0.15) is 17.5 Å². The summed E-state index contributed by atoms with van der Waals surface area (Å²) in [4.78, 5) is 3.10. The van der Waals surface area contributed by atoms with Crippen LogP contribution in [0.15, 0.2) is 36.4 Å². The highest BCUT2D eigenvalue weighted by molar-refractivity contribution is 5.91. The molecule has 0 radical (unpaired) electrons. The van der Waals surface area contributed by atoms with Gasteiger partial charge in [-0.25, -0.2) is 13.2 Å². The Hall–Kier alpha value is -2.23. The summed E-state index contributed by atoms with van der Waals surface area (Å²) in [7, 11) is 0. The molecule has 26 heavy (non-hydrogen) atoms. The predicted octanol–water partition coefficient (Wildman–Crippen LogP) is 6.62. The quantitative estimate of drug-likeness (QED) is 0.528. The average molecular weight is 357 g/mol. The lowest BCUT2D eigenvalue weighted by Crippen LogP contribution is -2.20. The summed E-state index contributed by atoms with van der Waals surface area (Å²) in [6, 6.07) is 8.40. The van der Waals surface area contributed by atoms with Gasteiger partial charge in [0.15, 0.2) is 0 Å². The van der Waals surface area contributed by atoms with E-state index in [9.17, 15) is 13.2 Å². The lowest BCUT2D eigenvalue weighted by atomic mass is 9.73. The summed E-state index contributed by atoms with van der Waals surface area (Å²) in [5, 5.41) is 0.587. The fourth-order valence-electron chi connectivity index (χ4n) is 4.27. The fourth-order valence-corrected chi connectivity index (χ4v) is 4.27. The molecule has 0 spiro atoms. The molecule has 1 aliphatic carbocycles. The maximum absolute atomic E-state index is 14.2. The van der Waals surface area contributed by atoms with Crippen molar-refractivity contribution in [2.45, 2.75) is 39.0 Å². The first-order chi connectivity index (χ1) is 12.5. The van der Waals surface area contributed by atoms with Crippen LogP contribution < -0.4 is 0 Å². The molecule has 0 amide bonds. The molecule has 136 valence electrons. The second-order valence-electron chi connectivity index (χ2n) is 7.63. The number of H-pyrrole nitrogens is 1. The van der Waals surface area contributed by atoms with Crippen molar-refractivity contribution < 1.29 is 13.2 Å². The zero-order chi connectivity index (χ0) is 18.3. The topological polar surface area (TPSA) is 15.8 Å². The van der Waals surface area contributed by atoms with Crippen LogP contribution in [0.3, 0.4) is 0 Å². The highest BCUT2D eigenvalue weighted by atomic mass is 19.1. The van der Waals surface area contributed by atoms with Crippen molar-refractivity contribution in [3.8, 4) is 11.3 Å². The summed E-state index contributed by atoms with van der Waals surface area (Å²) in [5.74, 6) is 0.114. The first-order valence-electron chi connectivity index (χ1n) is 9.27. The Bertz CT molecular complexity index is 921. The van der Waals surface area contributed by atoms with Crippen LogP contribution in [0.1, 0.15) is 38.2 Å². The highest BCUT2D eigenvalue weighted by Gasteiger charge is 2.25. The van der Waals surface area contributed by atoms with Crippen molar-refractivity contribution in [1.29, 1.82) is 0 Å². The van der Waals surface area contributed by atoms with Crippen molar-refractivity contribution in [2.75, 3.05) is 0 Å². The van der Waals surface area contributed by atoms with Gasteiger partial charge in [0, 0.05) is 17.1 Å². The molecule has 0 unspecified atom stereocenters. The predicted molar refractivity (Wildman–Crippen MR) is 98.4 cm³/mol. The summed E-state index contributed by atoms with van der Waals surface area (Å²) in [6.45, 7) is 2.27. The molecule has 0 aliphatic heterocycles. The third-order valence-electron chi connectivity index (χ3n) is 5.58. The molecule has 1 heterocycles. The molecule has 1 N–H and O–H groups in total. The Morgan fingerprint density at radius 2 is 1.73 bits per heavy atom. The smallest absolute Gasteiger partial charge is 0.150 e. The number of rotatable bonds is 5. The Balaban J connectivity index is 1.69. The van der Waals surface area contributed by atoms with E-state index in [1.807, 2.05) is 0 Å². The number of benzene rings is 2. The molecule has 4 rings (SSSR count). The molecule has 0 atom stereocenters. The molecule has 1 saturated carbocycles. The van der Waals surface area contributed by atoms with Gasteiger partial charge in [-0.1, -0.05) is 13.3 Å². The normalized spacial score (nSPS) is 19.7. The van der Waals surface area contributed by atoms with E-state index in [-0.39, 0.29) is 5.82 Å². The van der Waals surface area contributed by atoms with E-state index in [1.54, 1.807) is 12.1 Å². The number of aromatic nitrogens is 1. The van der Waals surface area contributed by atoms with Crippen molar-refractivity contribution in [2.24, 2.45) is 11.8 Å². The second-order valence-corrected chi connectivity index (χ2v) is 7.63.